The Labute approximate surface area is 112 Å². The van der Waals surface area contributed by atoms with Crippen LogP contribution in [-0.2, 0) is 9.59 Å². The molecular formula is C12H10N2O4S. The van der Waals surface area contributed by atoms with Crippen molar-refractivity contribution in [2.75, 3.05) is 0 Å². The molecule has 0 radical (unpaired) electrons. The summed E-state index contributed by atoms with van der Waals surface area (Å²) in [5.74, 6) is -0.299. The molecule has 3 rings (SSSR count). The number of nitrogens with zero attached hydrogens (tertiary/aromatic N) is 2. The molecule has 1 N–H and O–H groups in total. The number of hydrogen-bond donors (Lipinski definition) is 1. The first-order chi connectivity index (χ1) is 8.99. The number of aliphatic carboxylic acids is 1. The summed E-state index contributed by atoms with van der Waals surface area (Å²) in [5, 5.41) is 10.2. The van der Waals surface area contributed by atoms with Crippen molar-refractivity contribution in [1.82, 2.24) is 9.88 Å². The van der Waals surface area contributed by atoms with Crippen molar-refractivity contribution in [2.24, 2.45) is 0 Å². The first-order valence-corrected chi connectivity index (χ1v) is 6.51. The maximum absolute atomic E-state index is 12.0. The molecule has 6 nitrogen and oxygen atoms in total. The van der Waals surface area contributed by atoms with Gasteiger partial charge in [0.15, 0.2) is 11.7 Å². The van der Waals surface area contributed by atoms with E-state index in [0.717, 1.165) is 0 Å². The SMILES string of the molecule is Cc1nc(C)c(/C=C2/C(=O)N3C(C(=O)O)=CS[C@@H]23)o1. The molecule has 1 fully saturated rings. The van der Waals surface area contributed by atoms with Gasteiger partial charge in [-0.2, -0.15) is 0 Å². The zero-order valence-electron chi connectivity index (χ0n) is 10.2. The number of oxazole rings is 1. The van der Waals surface area contributed by atoms with Crippen LogP contribution in [0.5, 0.6) is 0 Å². The van der Waals surface area contributed by atoms with Gasteiger partial charge in [0.05, 0.1) is 11.3 Å². The molecule has 2 aliphatic heterocycles. The third-order valence-electron chi connectivity index (χ3n) is 2.98. The van der Waals surface area contributed by atoms with Crippen LogP contribution in [0.1, 0.15) is 17.3 Å². The highest BCUT2D eigenvalue weighted by Crippen LogP contribution is 2.45. The van der Waals surface area contributed by atoms with Crippen molar-refractivity contribution in [3.63, 3.8) is 0 Å². The van der Waals surface area contributed by atoms with Gasteiger partial charge in [-0.05, 0) is 13.0 Å². The lowest BCUT2D eigenvalue weighted by molar-refractivity contribution is -0.141. The number of carboxylic acid groups (broad SMARTS) is 1. The second-order valence-electron chi connectivity index (χ2n) is 4.25. The zero-order chi connectivity index (χ0) is 13.7. The lowest BCUT2D eigenvalue weighted by Gasteiger charge is -2.36. The average Bonchev–Trinajstić information content (AvgIpc) is 2.87. The van der Waals surface area contributed by atoms with Crippen LogP contribution in [0, 0.1) is 13.8 Å². The van der Waals surface area contributed by atoms with Crippen LogP contribution >= 0.6 is 11.8 Å². The van der Waals surface area contributed by atoms with Gasteiger partial charge in [-0.25, -0.2) is 9.78 Å². The van der Waals surface area contributed by atoms with Crippen LogP contribution in [0.3, 0.4) is 0 Å². The van der Waals surface area contributed by atoms with Crippen LogP contribution in [0.25, 0.3) is 6.08 Å². The van der Waals surface area contributed by atoms with Crippen LogP contribution < -0.4 is 0 Å². The molecule has 1 saturated heterocycles. The van der Waals surface area contributed by atoms with Gasteiger partial charge in [0.2, 0.25) is 0 Å². The predicted octanol–water partition coefficient (Wildman–Crippen LogP) is 1.52. The Hall–Kier alpha value is -2.02. The van der Waals surface area contributed by atoms with E-state index >= 15 is 0 Å². The number of carboxylic acids is 1. The third kappa shape index (κ3) is 1.69. The lowest BCUT2D eigenvalue weighted by Crippen LogP contribution is -2.51. The van der Waals surface area contributed by atoms with Crippen molar-refractivity contribution in [1.29, 1.82) is 0 Å². The fourth-order valence-electron chi connectivity index (χ4n) is 2.09. The van der Waals surface area contributed by atoms with Crippen molar-refractivity contribution < 1.29 is 19.1 Å². The fraction of sp³-hybridized carbons (Fsp3) is 0.250. The minimum Gasteiger partial charge on any atom is -0.477 e. The Balaban J connectivity index is 1.89. The van der Waals surface area contributed by atoms with Gasteiger partial charge in [0.25, 0.3) is 5.91 Å². The van der Waals surface area contributed by atoms with Gasteiger partial charge in [0.1, 0.15) is 11.1 Å². The molecule has 98 valence electrons. The number of β-lactam (4-membered cyclic amide) rings is 1. The zero-order valence-corrected chi connectivity index (χ0v) is 11.0. The van der Waals surface area contributed by atoms with Crippen LogP contribution in [0.2, 0.25) is 0 Å². The van der Waals surface area contributed by atoms with E-state index in [2.05, 4.69) is 4.98 Å². The highest BCUT2D eigenvalue weighted by Gasteiger charge is 2.49. The summed E-state index contributed by atoms with van der Waals surface area (Å²) in [5.41, 5.74) is 1.28. The van der Waals surface area contributed by atoms with Crippen molar-refractivity contribution in [3.05, 3.63) is 34.0 Å². The molecule has 1 atom stereocenters. The number of fused-ring (bicyclic) bond motifs is 1. The second-order valence-corrected chi connectivity index (χ2v) is 5.21. The number of carbonyl (C=O) groups excluding carboxylic acids is 1. The minimum absolute atomic E-state index is 0.0302. The van der Waals surface area contributed by atoms with Crippen molar-refractivity contribution in [3.8, 4) is 0 Å². The number of aryl methyl sites for hydroxylation is 2. The van der Waals surface area contributed by atoms with Crippen LogP contribution in [0.15, 0.2) is 21.1 Å². The molecule has 19 heavy (non-hydrogen) atoms. The Morgan fingerprint density at radius 1 is 1.58 bits per heavy atom. The molecule has 0 unspecified atom stereocenters. The number of thioether (sulfide) groups is 1. The average molecular weight is 278 g/mol. The smallest absolute Gasteiger partial charge is 0.353 e. The summed E-state index contributed by atoms with van der Waals surface area (Å²) in [6.07, 6.45) is 1.64. The van der Waals surface area contributed by atoms with Crippen molar-refractivity contribution in [2.45, 2.75) is 19.2 Å². The Bertz CT molecular complexity index is 659. The Kier molecular flexibility index (Phi) is 2.53. The van der Waals surface area contributed by atoms with E-state index in [4.69, 9.17) is 9.52 Å². The summed E-state index contributed by atoms with van der Waals surface area (Å²) in [6, 6.07) is 0. The molecule has 0 aromatic carbocycles. The monoisotopic (exact) mass is 278 g/mol. The number of carbonyl (C=O) groups is 2. The molecule has 0 aliphatic carbocycles. The van der Waals surface area contributed by atoms with Crippen molar-refractivity contribution >= 4 is 29.7 Å². The fourth-order valence-corrected chi connectivity index (χ4v) is 3.21. The number of rotatable bonds is 2. The van der Waals surface area contributed by atoms with E-state index in [1.807, 2.05) is 0 Å². The largest absolute Gasteiger partial charge is 0.477 e. The molecule has 0 saturated carbocycles. The molecule has 1 aromatic rings. The molecule has 1 amide bonds. The van der Waals surface area contributed by atoms with Gasteiger partial charge < -0.3 is 9.52 Å². The summed E-state index contributed by atoms with van der Waals surface area (Å²) in [7, 11) is 0. The predicted molar refractivity (Wildman–Crippen MR) is 67.9 cm³/mol. The van der Waals surface area contributed by atoms with Crippen LogP contribution in [-0.4, -0.2) is 32.2 Å². The molecule has 0 spiro atoms. The highest BCUT2D eigenvalue weighted by atomic mass is 32.2. The quantitative estimate of drug-likeness (QED) is 0.652. The van der Waals surface area contributed by atoms with E-state index in [0.29, 0.717) is 22.9 Å². The van der Waals surface area contributed by atoms with Gasteiger partial charge in [-0.15, -0.1) is 11.8 Å². The summed E-state index contributed by atoms with van der Waals surface area (Å²) in [4.78, 5) is 28.3. The first kappa shape index (κ1) is 12.0. The van der Waals surface area contributed by atoms with E-state index in [1.165, 1.54) is 22.1 Å². The first-order valence-electron chi connectivity index (χ1n) is 5.57. The molecule has 1 aromatic heterocycles. The van der Waals surface area contributed by atoms with Crippen LogP contribution in [0.4, 0.5) is 0 Å². The second kappa shape index (κ2) is 3.99. The molecule has 7 heteroatoms. The molecule has 2 aliphatic rings. The van der Waals surface area contributed by atoms with E-state index in [-0.39, 0.29) is 17.0 Å². The van der Waals surface area contributed by atoms with Gasteiger partial charge in [-0.1, -0.05) is 0 Å². The highest BCUT2D eigenvalue weighted by molar-refractivity contribution is 8.03. The number of amides is 1. The molecule has 0 bridgehead atoms. The number of hydrogen-bond acceptors (Lipinski definition) is 5. The summed E-state index contributed by atoms with van der Waals surface area (Å²) >= 11 is 1.30. The van der Waals surface area contributed by atoms with E-state index < -0.39 is 5.97 Å². The third-order valence-corrected chi connectivity index (χ3v) is 4.06. The summed E-state index contributed by atoms with van der Waals surface area (Å²) in [6.45, 7) is 3.53. The summed E-state index contributed by atoms with van der Waals surface area (Å²) < 4.78 is 5.39. The molecule has 3 heterocycles. The van der Waals surface area contributed by atoms with Gasteiger partial charge in [-0.3, -0.25) is 9.69 Å². The maximum atomic E-state index is 12.0. The van der Waals surface area contributed by atoms with E-state index in [9.17, 15) is 9.59 Å². The van der Waals surface area contributed by atoms with E-state index in [1.54, 1.807) is 19.9 Å². The Morgan fingerprint density at radius 2 is 2.32 bits per heavy atom. The standard InChI is InChI=1S/C12H10N2O4S/c1-5-9(18-6(2)13-5)3-7-10(15)14-8(12(16)17)4-19-11(7)14/h3-4,11H,1-2H3,(H,16,17)/b7-3-/t11-/m0/s1. The minimum atomic E-state index is -1.09. The lowest BCUT2D eigenvalue weighted by atomic mass is 10.0. The molecular weight excluding hydrogens is 268 g/mol. The topological polar surface area (TPSA) is 83.6 Å². The normalized spacial score (nSPS) is 23.4. The number of aromatic nitrogens is 1. The Morgan fingerprint density at radius 3 is 2.89 bits per heavy atom. The maximum Gasteiger partial charge on any atom is 0.353 e. The van der Waals surface area contributed by atoms with Gasteiger partial charge in [0, 0.05) is 12.3 Å². The van der Waals surface area contributed by atoms with Gasteiger partial charge >= 0.3 is 5.97 Å².